The lowest BCUT2D eigenvalue weighted by molar-refractivity contribution is -0.152. The van der Waals surface area contributed by atoms with Crippen molar-refractivity contribution in [1.82, 2.24) is 9.55 Å². The summed E-state index contributed by atoms with van der Waals surface area (Å²) in [6.07, 6.45) is -0.387. The van der Waals surface area contributed by atoms with Crippen molar-refractivity contribution in [3.05, 3.63) is 32.6 Å². The molecule has 4 N–H and O–H groups in total. The normalized spacial score (nSPS) is 24.5. The molecule has 0 amide bonds. The maximum absolute atomic E-state index is 11.9. The van der Waals surface area contributed by atoms with Crippen LogP contribution in [0.5, 0.6) is 0 Å². The second-order valence-electron chi connectivity index (χ2n) is 6.78. The predicted octanol–water partition coefficient (Wildman–Crippen LogP) is -0.590. The third-order valence-electron chi connectivity index (χ3n) is 4.08. The van der Waals surface area contributed by atoms with Crippen molar-refractivity contribution in [2.24, 2.45) is 11.7 Å². The molecule has 0 saturated carbocycles. The van der Waals surface area contributed by atoms with Crippen LogP contribution in [0, 0.1) is 12.8 Å². The largest absolute Gasteiger partial charge is 0.462 e. The summed E-state index contributed by atoms with van der Waals surface area (Å²) < 4.78 is 12.0. The number of esters is 1. The first-order valence-corrected chi connectivity index (χ1v) is 8.26. The van der Waals surface area contributed by atoms with E-state index in [0.29, 0.717) is 12.0 Å². The summed E-state index contributed by atoms with van der Waals surface area (Å²) in [4.78, 5) is 37.4. The number of hydrogen-bond acceptors (Lipinski definition) is 7. The molecule has 9 heteroatoms. The van der Waals surface area contributed by atoms with Crippen LogP contribution >= 0.6 is 0 Å². The molecule has 25 heavy (non-hydrogen) atoms. The SMILES string of the molecule is Cc1cn([C@H]2C[C@H](O)[C@@H](COC(=O)[C@@H](N)CC(C)C)O2)c(=O)[nH]c1=O. The lowest BCUT2D eigenvalue weighted by Crippen LogP contribution is -2.37. The highest BCUT2D eigenvalue weighted by Gasteiger charge is 2.36. The fourth-order valence-electron chi connectivity index (χ4n) is 2.71. The lowest BCUT2D eigenvalue weighted by Gasteiger charge is -2.18. The van der Waals surface area contributed by atoms with Gasteiger partial charge in [-0.3, -0.25) is 19.1 Å². The quantitative estimate of drug-likeness (QED) is 0.580. The Hall–Kier alpha value is -1.97. The van der Waals surface area contributed by atoms with Gasteiger partial charge in [0.2, 0.25) is 0 Å². The molecule has 1 saturated heterocycles. The zero-order valence-corrected chi connectivity index (χ0v) is 14.6. The molecule has 0 aromatic carbocycles. The van der Waals surface area contributed by atoms with Gasteiger partial charge in [-0.05, 0) is 19.3 Å². The molecule has 9 nitrogen and oxygen atoms in total. The minimum absolute atomic E-state index is 0.144. The summed E-state index contributed by atoms with van der Waals surface area (Å²) in [6, 6.07) is -0.723. The van der Waals surface area contributed by atoms with Gasteiger partial charge in [-0.25, -0.2) is 4.79 Å². The molecule has 4 atom stereocenters. The topological polar surface area (TPSA) is 137 Å². The van der Waals surface area contributed by atoms with E-state index >= 15 is 0 Å². The minimum Gasteiger partial charge on any atom is -0.462 e. The maximum Gasteiger partial charge on any atom is 0.330 e. The molecule has 0 radical (unpaired) electrons. The molecule has 0 bridgehead atoms. The Balaban J connectivity index is 1.98. The summed E-state index contributed by atoms with van der Waals surface area (Å²) in [5.74, 6) is -0.291. The van der Waals surface area contributed by atoms with Crippen molar-refractivity contribution in [3.63, 3.8) is 0 Å². The second-order valence-corrected chi connectivity index (χ2v) is 6.78. The first-order chi connectivity index (χ1) is 11.7. The highest BCUT2D eigenvalue weighted by atomic mass is 16.6. The van der Waals surface area contributed by atoms with E-state index in [-0.39, 0.29) is 18.9 Å². The number of carbonyl (C=O) groups is 1. The zero-order valence-electron chi connectivity index (χ0n) is 14.6. The highest BCUT2D eigenvalue weighted by Crippen LogP contribution is 2.27. The van der Waals surface area contributed by atoms with Crippen LogP contribution in [0.3, 0.4) is 0 Å². The number of aromatic nitrogens is 2. The van der Waals surface area contributed by atoms with Crippen LogP contribution in [0.25, 0.3) is 0 Å². The molecule has 1 aliphatic rings. The van der Waals surface area contributed by atoms with Crippen LogP contribution < -0.4 is 17.0 Å². The number of carbonyl (C=O) groups excluding carboxylic acids is 1. The van der Waals surface area contributed by atoms with Crippen molar-refractivity contribution in [2.45, 2.75) is 58.1 Å². The second kappa shape index (κ2) is 7.94. The van der Waals surface area contributed by atoms with Crippen molar-refractivity contribution in [3.8, 4) is 0 Å². The Morgan fingerprint density at radius 2 is 2.20 bits per heavy atom. The third-order valence-corrected chi connectivity index (χ3v) is 4.08. The van der Waals surface area contributed by atoms with Gasteiger partial charge in [0.25, 0.3) is 5.56 Å². The smallest absolute Gasteiger partial charge is 0.330 e. The number of aliphatic hydroxyl groups excluding tert-OH is 1. The molecule has 1 aromatic heterocycles. The van der Waals surface area contributed by atoms with E-state index in [4.69, 9.17) is 15.2 Å². The number of aliphatic hydroxyl groups is 1. The molecule has 2 rings (SSSR count). The number of nitrogens with two attached hydrogens (primary N) is 1. The van der Waals surface area contributed by atoms with E-state index in [0.717, 1.165) is 0 Å². The molecule has 1 fully saturated rings. The van der Waals surface area contributed by atoms with Crippen molar-refractivity contribution in [1.29, 1.82) is 0 Å². The zero-order chi connectivity index (χ0) is 18.7. The van der Waals surface area contributed by atoms with Crippen molar-refractivity contribution < 1.29 is 19.4 Å². The summed E-state index contributed by atoms with van der Waals surface area (Å²) >= 11 is 0. The van der Waals surface area contributed by atoms with Gasteiger partial charge >= 0.3 is 11.7 Å². The Bertz CT molecular complexity index is 725. The van der Waals surface area contributed by atoms with Crippen LogP contribution in [0.4, 0.5) is 0 Å². The maximum atomic E-state index is 11.9. The fourth-order valence-corrected chi connectivity index (χ4v) is 2.71. The van der Waals surface area contributed by atoms with Gasteiger partial charge in [-0.15, -0.1) is 0 Å². The average molecular weight is 355 g/mol. The number of nitrogens with one attached hydrogen (secondary N) is 1. The minimum atomic E-state index is -0.904. The summed E-state index contributed by atoms with van der Waals surface area (Å²) in [6.45, 7) is 5.31. The molecule has 140 valence electrons. The third kappa shape index (κ3) is 4.77. The lowest BCUT2D eigenvalue weighted by atomic mass is 10.1. The van der Waals surface area contributed by atoms with E-state index in [1.165, 1.54) is 10.8 Å². The first-order valence-electron chi connectivity index (χ1n) is 8.26. The monoisotopic (exact) mass is 355 g/mol. The van der Waals surface area contributed by atoms with Crippen molar-refractivity contribution >= 4 is 5.97 Å². The number of aromatic amines is 1. The van der Waals surface area contributed by atoms with Crippen LogP contribution in [0.15, 0.2) is 15.8 Å². The van der Waals surface area contributed by atoms with E-state index in [2.05, 4.69) is 4.98 Å². The summed E-state index contributed by atoms with van der Waals surface area (Å²) in [5, 5.41) is 10.1. The van der Waals surface area contributed by atoms with Gasteiger partial charge in [-0.2, -0.15) is 0 Å². The van der Waals surface area contributed by atoms with Crippen LogP contribution in [-0.4, -0.2) is 45.5 Å². The van der Waals surface area contributed by atoms with E-state index < -0.39 is 41.7 Å². The fraction of sp³-hybridized carbons (Fsp3) is 0.688. The molecule has 0 spiro atoms. The number of aryl methyl sites for hydroxylation is 1. The molecule has 0 unspecified atom stereocenters. The number of hydrogen-bond donors (Lipinski definition) is 3. The van der Waals surface area contributed by atoms with Gasteiger partial charge in [-0.1, -0.05) is 13.8 Å². The Labute approximate surface area is 144 Å². The van der Waals surface area contributed by atoms with E-state index in [9.17, 15) is 19.5 Å². The van der Waals surface area contributed by atoms with Crippen LogP contribution in [0.1, 0.15) is 38.5 Å². The van der Waals surface area contributed by atoms with Crippen LogP contribution in [-0.2, 0) is 14.3 Å². The van der Waals surface area contributed by atoms with Gasteiger partial charge in [0.1, 0.15) is 25.0 Å². The standard InChI is InChI=1S/C16H25N3O6/c1-8(2)4-10(17)15(22)24-7-12-11(20)5-13(25-12)19-6-9(3)14(21)18-16(19)23/h6,8,10-13,20H,4-5,7,17H2,1-3H3,(H,18,21,23)/t10-,11-,12+,13+/m0/s1. The van der Waals surface area contributed by atoms with Crippen LogP contribution in [0.2, 0.25) is 0 Å². The average Bonchev–Trinajstić information content (AvgIpc) is 2.88. The van der Waals surface area contributed by atoms with Gasteiger partial charge in [0.15, 0.2) is 0 Å². The number of H-pyrrole nitrogens is 1. The molecule has 1 aromatic rings. The van der Waals surface area contributed by atoms with Gasteiger partial charge in [0.05, 0.1) is 6.10 Å². The number of rotatable bonds is 6. The molecular formula is C16H25N3O6. The molecular weight excluding hydrogens is 330 g/mol. The Morgan fingerprint density at radius 3 is 2.84 bits per heavy atom. The van der Waals surface area contributed by atoms with Gasteiger partial charge in [0, 0.05) is 18.2 Å². The summed E-state index contributed by atoms with van der Waals surface area (Å²) in [7, 11) is 0. The first kappa shape index (κ1) is 19.4. The molecule has 1 aliphatic heterocycles. The van der Waals surface area contributed by atoms with Crippen molar-refractivity contribution in [2.75, 3.05) is 6.61 Å². The molecule has 2 heterocycles. The number of nitrogens with zero attached hydrogens (tertiary/aromatic N) is 1. The Kier molecular flexibility index (Phi) is 6.15. The molecule has 0 aliphatic carbocycles. The Morgan fingerprint density at radius 1 is 1.52 bits per heavy atom. The number of ether oxygens (including phenoxy) is 2. The highest BCUT2D eigenvalue weighted by molar-refractivity contribution is 5.75. The predicted molar refractivity (Wildman–Crippen MR) is 89.0 cm³/mol. The van der Waals surface area contributed by atoms with E-state index in [1.54, 1.807) is 6.92 Å². The summed E-state index contributed by atoms with van der Waals surface area (Å²) in [5.41, 5.74) is 5.01. The van der Waals surface area contributed by atoms with E-state index in [1.807, 2.05) is 13.8 Å². The van der Waals surface area contributed by atoms with Gasteiger partial charge < -0.3 is 20.3 Å².